The van der Waals surface area contributed by atoms with E-state index in [2.05, 4.69) is 32.7 Å². The minimum Gasteiger partial charge on any atom is -0.467 e. The van der Waals surface area contributed by atoms with Gasteiger partial charge in [-0.3, -0.25) is 0 Å². The number of fused-ring (bicyclic) bond motifs is 2. The van der Waals surface area contributed by atoms with E-state index in [1.807, 2.05) is 66.9 Å². The van der Waals surface area contributed by atoms with Gasteiger partial charge in [0.05, 0.1) is 12.8 Å². The highest BCUT2D eigenvalue weighted by Crippen LogP contribution is 2.37. The number of ether oxygens (including phenoxy) is 1. The molecule has 2 amide bonds. The summed E-state index contributed by atoms with van der Waals surface area (Å²) in [6, 6.07) is 22.3. The fourth-order valence-electron chi connectivity index (χ4n) is 4.26. The number of benzene rings is 3. The molecule has 7 nitrogen and oxygen atoms in total. The second-order valence-corrected chi connectivity index (χ2v) is 9.45. The van der Waals surface area contributed by atoms with Crippen LogP contribution in [0.15, 0.2) is 83.9 Å². The van der Waals surface area contributed by atoms with Crippen molar-refractivity contribution in [1.29, 1.82) is 0 Å². The molecule has 4 aromatic rings. The van der Waals surface area contributed by atoms with E-state index in [4.69, 9.17) is 4.74 Å². The zero-order valence-corrected chi connectivity index (χ0v) is 20.1. The second-order valence-electron chi connectivity index (χ2n) is 8.32. The van der Waals surface area contributed by atoms with Gasteiger partial charge < -0.3 is 25.3 Å². The number of hydrogen-bond acceptors (Lipinski definition) is 5. The van der Waals surface area contributed by atoms with E-state index < -0.39 is 18.0 Å². The number of H-pyrrole nitrogens is 1. The zero-order chi connectivity index (χ0) is 24.2. The van der Waals surface area contributed by atoms with Gasteiger partial charge in [-0.05, 0) is 46.8 Å². The highest BCUT2D eigenvalue weighted by atomic mass is 32.2. The summed E-state index contributed by atoms with van der Waals surface area (Å²) in [5, 5.41) is 6.65. The van der Waals surface area contributed by atoms with E-state index >= 15 is 0 Å². The lowest BCUT2D eigenvalue weighted by Gasteiger charge is -2.32. The van der Waals surface area contributed by atoms with Crippen molar-refractivity contribution in [2.75, 3.05) is 29.6 Å². The number of anilines is 2. The molecule has 1 unspecified atom stereocenters. The van der Waals surface area contributed by atoms with Gasteiger partial charge in [-0.2, -0.15) is 0 Å². The molecule has 1 aliphatic rings. The van der Waals surface area contributed by atoms with E-state index in [9.17, 15) is 9.59 Å². The normalized spacial score (nSPS) is 13.7. The third-order valence-electron chi connectivity index (χ3n) is 6.02. The Morgan fingerprint density at radius 1 is 1.09 bits per heavy atom. The predicted octanol–water partition coefficient (Wildman–Crippen LogP) is 5.32. The van der Waals surface area contributed by atoms with Crippen molar-refractivity contribution in [3.8, 4) is 0 Å². The molecule has 0 saturated carbocycles. The second kappa shape index (κ2) is 10.1. The Labute approximate surface area is 207 Å². The van der Waals surface area contributed by atoms with Crippen molar-refractivity contribution in [3.63, 3.8) is 0 Å². The van der Waals surface area contributed by atoms with Gasteiger partial charge >= 0.3 is 12.0 Å². The summed E-state index contributed by atoms with van der Waals surface area (Å²) in [5.74, 6) is 0.462. The first-order valence-corrected chi connectivity index (χ1v) is 12.4. The van der Waals surface area contributed by atoms with Gasteiger partial charge in [-0.15, -0.1) is 11.8 Å². The largest absolute Gasteiger partial charge is 0.467 e. The minimum absolute atomic E-state index is 0.487. The number of rotatable bonds is 6. The Morgan fingerprint density at radius 3 is 2.77 bits per heavy atom. The monoisotopic (exact) mass is 486 g/mol. The summed E-state index contributed by atoms with van der Waals surface area (Å²) in [4.78, 5) is 32.1. The molecule has 1 atom stereocenters. The molecule has 0 aliphatic carbocycles. The molecule has 0 bridgehead atoms. The smallest absolute Gasteiger partial charge is 0.333 e. The van der Waals surface area contributed by atoms with Crippen molar-refractivity contribution in [2.24, 2.45) is 0 Å². The molecular weight excluding hydrogens is 460 g/mol. The van der Waals surface area contributed by atoms with E-state index in [1.165, 1.54) is 12.7 Å². The molecule has 1 aromatic heterocycles. The van der Waals surface area contributed by atoms with Gasteiger partial charge in [0.2, 0.25) is 0 Å². The molecule has 1 aliphatic heterocycles. The minimum atomic E-state index is -0.940. The molecule has 8 heteroatoms. The number of esters is 1. The van der Waals surface area contributed by atoms with Gasteiger partial charge in [-0.1, -0.05) is 42.5 Å². The number of nitrogens with zero attached hydrogens (tertiary/aromatic N) is 1. The third kappa shape index (κ3) is 5.12. The summed E-state index contributed by atoms with van der Waals surface area (Å²) in [6.45, 7) is 1.67. The molecular formula is C27H26N4O3S. The number of methoxy groups -OCH3 is 1. The zero-order valence-electron chi connectivity index (χ0n) is 19.3. The number of amides is 2. The summed E-state index contributed by atoms with van der Waals surface area (Å²) >= 11 is 1.79. The number of aromatic amines is 1. The third-order valence-corrected chi connectivity index (χ3v) is 7.06. The Hall–Kier alpha value is -3.91. The predicted molar refractivity (Wildman–Crippen MR) is 140 cm³/mol. The number of nitrogens with one attached hydrogen (secondary N) is 3. The van der Waals surface area contributed by atoms with Crippen molar-refractivity contribution in [2.45, 2.75) is 17.5 Å². The first kappa shape index (κ1) is 22.9. The van der Waals surface area contributed by atoms with E-state index in [0.29, 0.717) is 11.3 Å². The SMILES string of the molecule is COC(=O)C(NC(=O)Nc1ccc2cc[nH]c2c1)c1ccc2c(c1)N(Cc1ccccc1)CCS2. The average molecular weight is 487 g/mol. The van der Waals surface area contributed by atoms with Crippen LogP contribution in [0.5, 0.6) is 0 Å². The van der Waals surface area contributed by atoms with Gasteiger partial charge in [0.15, 0.2) is 6.04 Å². The highest BCUT2D eigenvalue weighted by molar-refractivity contribution is 7.99. The molecule has 3 N–H and O–H groups in total. The van der Waals surface area contributed by atoms with Crippen LogP contribution in [0.2, 0.25) is 0 Å². The molecule has 0 spiro atoms. The van der Waals surface area contributed by atoms with Gasteiger partial charge in [0.25, 0.3) is 0 Å². The van der Waals surface area contributed by atoms with E-state index in [0.717, 1.165) is 40.3 Å². The number of hydrogen-bond donors (Lipinski definition) is 3. The summed E-state index contributed by atoms with van der Waals surface area (Å²) < 4.78 is 5.03. The fourth-order valence-corrected chi connectivity index (χ4v) is 5.29. The number of urea groups is 1. The number of carbonyl (C=O) groups is 2. The van der Waals surface area contributed by atoms with Crippen LogP contribution in [0.25, 0.3) is 10.9 Å². The first-order chi connectivity index (χ1) is 17.1. The van der Waals surface area contributed by atoms with Gasteiger partial charge in [0.1, 0.15) is 0 Å². The topological polar surface area (TPSA) is 86.5 Å². The molecule has 3 aromatic carbocycles. The van der Waals surface area contributed by atoms with Crippen molar-refractivity contribution in [3.05, 3.63) is 90.1 Å². The van der Waals surface area contributed by atoms with Crippen LogP contribution < -0.4 is 15.5 Å². The molecule has 0 saturated heterocycles. The summed E-state index contributed by atoms with van der Waals surface area (Å²) in [5.41, 5.74) is 4.48. The summed E-state index contributed by atoms with van der Waals surface area (Å²) in [6.07, 6.45) is 1.84. The van der Waals surface area contributed by atoms with Gasteiger partial charge in [0, 0.05) is 41.1 Å². The van der Waals surface area contributed by atoms with Crippen LogP contribution in [0.4, 0.5) is 16.2 Å². The van der Waals surface area contributed by atoms with Crippen LogP contribution in [-0.4, -0.2) is 36.4 Å². The van der Waals surface area contributed by atoms with Gasteiger partial charge in [-0.25, -0.2) is 9.59 Å². The Morgan fingerprint density at radius 2 is 1.94 bits per heavy atom. The van der Waals surface area contributed by atoms with Crippen molar-refractivity contribution < 1.29 is 14.3 Å². The van der Waals surface area contributed by atoms with E-state index in [1.54, 1.807) is 11.8 Å². The Kier molecular flexibility index (Phi) is 6.63. The van der Waals surface area contributed by atoms with Crippen molar-refractivity contribution in [1.82, 2.24) is 10.3 Å². The molecule has 0 radical (unpaired) electrons. The van der Waals surface area contributed by atoms with Crippen LogP contribution >= 0.6 is 11.8 Å². The molecule has 178 valence electrons. The maximum Gasteiger partial charge on any atom is 0.333 e. The quantitative estimate of drug-likeness (QED) is 0.321. The summed E-state index contributed by atoms with van der Waals surface area (Å²) in [7, 11) is 1.32. The lowest BCUT2D eigenvalue weighted by Crippen LogP contribution is -2.37. The highest BCUT2D eigenvalue weighted by Gasteiger charge is 2.27. The first-order valence-electron chi connectivity index (χ1n) is 11.4. The Bertz CT molecular complexity index is 1360. The van der Waals surface area contributed by atoms with Crippen molar-refractivity contribution >= 4 is 46.0 Å². The van der Waals surface area contributed by atoms with Crippen LogP contribution in [-0.2, 0) is 16.1 Å². The molecule has 0 fully saturated rings. The maximum atomic E-state index is 12.8. The maximum absolute atomic E-state index is 12.8. The number of carbonyl (C=O) groups excluding carboxylic acids is 2. The standard InChI is InChI=1S/C27H26N4O3S/c1-34-26(32)25(30-27(33)29-21-9-7-19-11-12-28-22(19)16-21)20-8-10-24-23(15-20)31(13-14-35-24)17-18-5-3-2-4-6-18/h2-12,15-16,25,28H,13-14,17H2,1H3,(H2,29,30,33). The molecule has 35 heavy (non-hydrogen) atoms. The molecule has 2 heterocycles. The lowest BCUT2D eigenvalue weighted by atomic mass is 10.0. The molecule has 5 rings (SSSR count). The number of thioether (sulfide) groups is 1. The average Bonchev–Trinajstić information content (AvgIpc) is 3.35. The van der Waals surface area contributed by atoms with E-state index in [-0.39, 0.29) is 0 Å². The van der Waals surface area contributed by atoms with Crippen LogP contribution in [0, 0.1) is 0 Å². The Balaban J connectivity index is 1.37. The lowest BCUT2D eigenvalue weighted by molar-refractivity contribution is -0.143. The van der Waals surface area contributed by atoms with Crippen LogP contribution in [0.3, 0.4) is 0 Å². The number of aromatic nitrogens is 1. The van der Waals surface area contributed by atoms with Crippen LogP contribution in [0.1, 0.15) is 17.2 Å². The fraction of sp³-hybridized carbons (Fsp3) is 0.185.